The van der Waals surface area contributed by atoms with Crippen molar-refractivity contribution in [3.63, 3.8) is 0 Å². The van der Waals surface area contributed by atoms with Gasteiger partial charge in [0.2, 0.25) is 5.17 Å². The molecule has 1 aromatic heterocycles. The molecule has 0 radical (unpaired) electrons. The standard InChI is InChI=1S/C10H9N5OS4/c1-15-8(16)6(19-10(15)17)4-5-2-3-7(18-5)20-9-11-13-14-12-9/h2-4,13-14H,1H3,(H,11,12)/b6-4-. The fraction of sp³-hybridized carbons (Fsp3) is 0.100. The molecule has 1 saturated heterocycles. The Morgan fingerprint density at radius 3 is 3.00 bits per heavy atom. The molecule has 104 valence electrons. The van der Waals surface area contributed by atoms with Crippen LogP contribution >= 0.6 is 47.1 Å². The molecule has 0 aliphatic carbocycles. The van der Waals surface area contributed by atoms with E-state index >= 15 is 0 Å². The van der Waals surface area contributed by atoms with E-state index in [1.807, 2.05) is 18.2 Å². The number of hydrogen-bond acceptors (Lipinski definition) is 9. The van der Waals surface area contributed by atoms with Gasteiger partial charge in [0.1, 0.15) is 4.32 Å². The molecular formula is C10H9N5OS4. The smallest absolute Gasteiger partial charge is 0.265 e. The number of thiocarbonyl (C=S) groups is 1. The van der Waals surface area contributed by atoms with Crippen molar-refractivity contribution in [3.05, 3.63) is 21.9 Å². The van der Waals surface area contributed by atoms with Crippen molar-refractivity contribution in [1.82, 2.24) is 21.4 Å². The van der Waals surface area contributed by atoms with E-state index in [1.54, 1.807) is 18.4 Å². The number of carbonyl (C=O) groups excluding carboxylic acids is 1. The van der Waals surface area contributed by atoms with Crippen LogP contribution in [0.4, 0.5) is 0 Å². The van der Waals surface area contributed by atoms with Gasteiger partial charge in [0.25, 0.3) is 5.91 Å². The van der Waals surface area contributed by atoms with E-state index in [9.17, 15) is 4.79 Å². The van der Waals surface area contributed by atoms with E-state index < -0.39 is 0 Å². The summed E-state index contributed by atoms with van der Waals surface area (Å²) in [6.45, 7) is 0. The largest absolute Gasteiger partial charge is 0.296 e. The number of rotatable bonds is 2. The van der Waals surface area contributed by atoms with E-state index in [2.05, 4.69) is 21.6 Å². The molecule has 0 spiro atoms. The van der Waals surface area contributed by atoms with Crippen molar-refractivity contribution >= 4 is 68.5 Å². The van der Waals surface area contributed by atoms with Crippen molar-refractivity contribution in [3.8, 4) is 0 Å². The molecule has 0 atom stereocenters. The predicted octanol–water partition coefficient (Wildman–Crippen LogP) is 1.55. The second-order valence-electron chi connectivity index (χ2n) is 3.78. The Morgan fingerprint density at radius 2 is 2.35 bits per heavy atom. The van der Waals surface area contributed by atoms with Gasteiger partial charge < -0.3 is 0 Å². The summed E-state index contributed by atoms with van der Waals surface area (Å²) in [6, 6.07) is 3.97. The maximum atomic E-state index is 11.9. The molecule has 20 heavy (non-hydrogen) atoms. The third kappa shape index (κ3) is 2.83. The number of hydrazone groups is 1. The van der Waals surface area contributed by atoms with Gasteiger partial charge in [-0.2, -0.15) is 0 Å². The monoisotopic (exact) mass is 343 g/mol. The first kappa shape index (κ1) is 13.9. The van der Waals surface area contributed by atoms with Gasteiger partial charge in [-0.05, 0) is 30.0 Å². The summed E-state index contributed by atoms with van der Waals surface area (Å²) in [5, 5.41) is 4.74. The number of hydrogen-bond donors (Lipinski definition) is 3. The van der Waals surface area contributed by atoms with Gasteiger partial charge in [0.15, 0.2) is 0 Å². The SMILES string of the molecule is CN1C(=O)/C(=C/c2ccc(SC3=NNNN3)s2)SC1=S. The molecule has 3 N–H and O–H groups in total. The number of thioether (sulfide) groups is 2. The Kier molecular flexibility index (Phi) is 3.98. The summed E-state index contributed by atoms with van der Waals surface area (Å²) >= 11 is 9.53. The summed E-state index contributed by atoms with van der Waals surface area (Å²) in [5.41, 5.74) is 8.15. The molecule has 3 rings (SSSR count). The van der Waals surface area contributed by atoms with Crippen LogP contribution in [-0.4, -0.2) is 27.3 Å². The van der Waals surface area contributed by atoms with Crippen molar-refractivity contribution in [2.45, 2.75) is 4.21 Å². The number of thiophene rings is 1. The lowest BCUT2D eigenvalue weighted by Crippen LogP contribution is -2.33. The van der Waals surface area contributed by atoms with Crippen LogP contribution in [0.25, 0.3) is 6.08 Å². The zero-order valence-electron chi connectivity index (χ0n) is 10.2. The lowest BCUT2D eigenvalue weighted by atomic mass is 10.4. The fourth-order valence-electron chi connectivity index (χ4n) is 1.47. The van der Waals surface area contributed by atoms with E-state index in [0.29, 0.717) is 9.23 Å². The van der Waals surface area contributed by atoms with Gasteiger partial charge in [-0.3, -0.25) is 15.1 Å². The second-order valence-corrected chi connectivity index (χ2v) is 7.86. The minimum absolute atomic E-state index is 0.0437. The lowest BCUT2D eigenvalue weighted by molar-refractivity contribution is -0.121. The average molecular weight is 343 g/mol. The Balaban J connectivity index is 1.74. The minimum Gasteiger partial charge on any atom is -0.296 e. The first-order chi connectivity index (χ1) is 9.63. The highest BCUT2D eigenvalue weighted by atomic mass is 32.2. The number of nitrogens with zero attached hydrogens (tertiary/aromatic N) is 2. The van der Waals surface area contributed by atoms with Gasteiger partial charge in [-0.15, -0.1) is 22.0 Å². The van der Waals surface area contributed by atoms with Crippen LogP contribution in [0.3, 0.4) is 0 Å². The van der Waals surface area contributed by atoms with Crippen molar-refractivity contribution in [1.29, 1.82) is 0 Å². The first-order valence-electron chi connectivity index (χ1n) is 5.46. The molecule has 1 aromatic rings. The molecule has 10 heteroatoms. The zero-order valence-corrected chi connectivity index (χ0v) is 13.4. The minimum atomic E-state index is -0.0437. The fourth-order valence-corrected chi connectivity index (χ4v) is 4.61. The van der Waals surface area contributed by atoms with Gasteiger partial charge in [0.05, 0.1) is 9.11 Å². The molecule has 0 unspecified atom stereocenters. The second kappa shape index (κ2) is 5.74. The molecule has 0 bridgehead atoms. The van der Waals surface area contributed by atoms with Crippen LogP contribution in [0, 0.1) is 0 Å². The number of carbonyl (C=O) groups is 1. The van der Waals surface area contributed by atoms with Gasteiger partial charge in [0, 0.05) is 11.9 Å². The average Bonchev–Trinajstić information content (AvgIpc) is 3.12. The van der Waals surface area contributed by atoms with Gasteiger partial charge >= 0.3 is 0 Å². The normalized spacial score (nSPS) is 20.4. The van der Waals surface area contributed by atoms with Crippen LogP contribution in [0.1, 0.15) is 4.88 Å². The molecular weight excluding hydrogens is 334 g/mol. The quantitative estimate of drug-likeness (QED) is 0.556. The third-order valence-corrected chi connectivity index (χ3v) is 5.98. The topological polar surface area (TPSA) is 68.8 Å². The maximum absolute atomic E-state index is 11.9. The van der Waals surface area contributed by atoms with Gasteiger partial charge in [-0.25, -0.2) is 5.53 Å². The summed E-state index contributed by atoms with van der Waals surface area (Å²) in [6.07, 6.45) is 1.87. The highest BCUT2D eigenvalue weighted by molar-refractivity contribution is 8.26. The van der Waals surface area contributed by atoms with E-state index in [-0.39, 0.29) is 5.91 Å². The highest BCUT2D eigenvalue weighted by Gasteiger charge is 2.28. The van der Waals surface area contributed by atoms with Crippen LogP contribution in [0.5, 0.6) is 0 Å². The Hall–Kier alpha value is -1.07. The Morgan fingerprint density at radius 1 is 1.50 bits per heavy atom. The van der Waals surface area contributed by atoms with E-state index in [1.165, 1.54) is 28.4 Å². The lowest BCUT2D eigenvalue weighted by Gasteiger charge is -2.03. The number of amides is 1. The molecule has 1 fully saturated rings. The van der Waals surface area contributed by atoms with E-state index in [0.717, 1.165) is 14.3 Å². The highest BCUT2D eigenvalue weighted by Crippen LogP contribution is 2.34. The number of nitrogens with one attached hydrogen (secondary N) is 3. The summed E-state index contributed by atoms with van der Waals surface area (Å²) in [5.74, 6) is -0.0437. The van der Waals surface area contributed by atoms with Crippen LogP contribution < -0.4 is 16.5 Å². The Labute approximate surface area is 133 Å². The van der Waals surface area contributed by atoms with Gasteiger partial charge in [-0.1, -0.05) is 24.0 Å². The van der Waals surface area contributed by atoms with E-state index in [4.69, 9.17) is 12.2 Å². The predicted molar refractivity (Wildman–Crippen MR) is 88.0 cm³/mol. The number of hydrazine groups is 2. The van der Waals surface area contributed by atoms with Crippen LogP contribution in [0.2, 0.25) is 0 Å². The van der Waals surface area contributed by atoms with Crippen LogP contribution in [-0.2, 0) is 4.79 Å². The first-order valence-corrected chi connectivity index (χ1v) is 8.32. The molecule has 0 aromatic carbocycles. The molecule has 3 heterocycles. The van der Waals surface area contributed by atoms with Crippen LogP contribution in [0.15, 0.2) is 26.3 Å². The molecule has 0 saturated carbocycles. The zero-order chi connectivity index (χ0) is 14.1. The molecule has 2 aliphatic rings. The molecule has 1 amide bonds. The number of likely N-dealkylation sites (N-methyl/N-ethyl adjacent to an activating group) is 1. The van der Waals surface area contributed by atoms with Crippen molar-refractivity contribution in [2.75, 3.05) is 7.05 Å². The molecule has 6 nitrogen and oxygen atoms in total. The van der Waals surface area contributed by atoms with Crippen molar-refractivity contribution in [2.24, 2.45) is 5.10 Å². The summed E-state index contributed by atoms with van der Waals surface area (Å²) in [4.78, 5) is 15.1. The summed E-state index contributed by atoms with van der Waals surface area (Å²) in [7, 11) is 1.69. The number of amidine groups is 1. The van der Waals surface area contributed by atoms with Crippen molar-refractivity contribution < 1.29 is 4.79 Å². The molecule has 2 aliphatic heterocycles. The Bertz CT molecular complexity index is 637. The third-order valence-electron chi connectivity index (χ3n) is 2.44. The summed E-state index contributed by atoms with van der Waals surface area (Å²) < 4.78 is 1.68. The maximum Gasteiger partial charge on any atom is 0.265 e.